The molecule has 1 amide bonds. The highest BCUT2D eigenvalue weighted by Gasteiger charge is 2.26. The number of likely N-dealkylation sites (N-methyl/N-ethyl adjacent to an activating group) is 1. The van der Waals surface area contributed by atoms with Crippen molar-refractivity contribution >= 4 is 16.8 Å². The van der Waals surface area contributed by atoms with Gasteiger partial charge < -0.3 is 10.1 Å². The molecule has 2 heterocycles. The number of rotatable bonds is 6. The summed E-state index contributed by atoms with van der Waals surface area (Å²) >= 11 is 0. The first-order chi connectivity index (χ1) is 15.0. The minimum absolute atomic E-state index is 0.0516. The fraction of sp³-hybridized carbons (Fsp3) is 0.385. The molecule has 0 fully saturated rings. The van der Waals surface area contributed by atoms with Crippen LogP contribution < -0.4 is 10.1 Å². The van der Waals surface area contributed by atoms with Crippen molar-refractivity contribution in [3.05, 3.63) is 70.4 Å². The molecular weight excluding hydrogens is 386 g/mol. The number of amides is 1. The maximum atomic E-state index is 13.7. The highest BCUT2D eigenvalue weighted by Crippen LogP contribution is 2.30. The highest BCUT2D eigenvalue weighted by atomic mass is 16.5. The van der Waals surface area contributed by atoms with Gasteiger partial charge in [0.05, 0.1) is 23.7 Å². The van der Waals surface area contributed by atoms with Crippen molar-refractivity contribution in [3.8, 4) is 5.75 Å². The number of aromatic nitrogens is 1. The molecule has 1 aliphatic rings. The summed E-state index contributed by atoms with van der Waals surface area (Å²) in [5.74, 6) is 0.768. The fourth-order valence-corrected chi connectivity index (χ4v) is 4.42. The van der Waals surface area contributed by atoms with Crippen LogP contribution in [0, 0.1) is 6.92 Å². The molecule has 1 N–H and O–H groups in total. The Bertz CT molecular complexity index is 1110. The molecule has 4 rings (SSSR count). The third-order valence-electron chi connectivity index (χ3n) is 6.08. The van der Waals surface area contributed by atoms with Gasteiger partial charge in [0.15, 0.2) is 0 Å². The lowest BCUT2D eigenvalue weighted by molar-refractivity contribution is 0.0938. The van der Waals surface area contributed by atoms with Crippen molar-refractivity contribution < 1.29 is 9.53 Å². The molecule has 0 bridgehead atoms. The lowest BCUT2D eigenvalue weighted by atomic mass is 9.94. The van der Waals surface area contributed by atoms with E-state index in [1.165, 1.54) is 0 Å². The Morgan fingerprint density at radius 3 is 2.81 bits per heavy atom. The van der Waals surface area contributed by atoms with Gasteiger partial charge in [0.25, 0.3) is 5.91 Å². The predicted molar refractivity (Wildman–Crippen MR) is 125 cm³/mol. The Hall–Kier alpha value is -2.92. The van der Waals surface area contributed by atoms with Gasteiger partial charge in [0, 0.05) is 41.7 Å². The van der Waals surface area contributed by atoms with Gasteiger partial charge in [0.1, 0.15) is 5.75 Å². The summed E-state index contributed by atoms with van der Waals surface area (Å²) < 4.78 is 5.82. The van der Waals surface area contributed by atoms with E-state index in [1.54, 1.807) is 0 Å². The Morgan fingerprint density at radius 1 is 1.23 bits per heavy atom. The van der Waals surface area contributed by atoms with Crippen molar-refractivity contribution in [2.24, 2.45) is 0 Å². The van der Waals surface area contributed by atoms with Crippen LogP contribution in [-0.4, -0.2) is 35.5 Å². The topological polar surface area (TPSA) is 54.5 Å². The standard InChI is InChI=1S/C26H31N3O2/c1-5-29-14-13-23-21(16-29)25(19-9-7-8-10-22(19)28-23)26(30)27-18(4)20-15-17(3)11-12-24(20)31-6-2/h7-12,15,18H,5-6,13-14,16H2,1-4H3,(H,27,30). The highest BCUT2D eigenvalue weighted by molar-refractivity contribution is 6.07. The number of carbonyl (C=O) groups is 1. The number of ether oxygens (including phenoxy) is 1. The van der Waals surface area contributed by atoms with Gasteiger partial charge in [-0.3, -0.25) is 14.7 Å². The van der Waals surface area contributed by atoms with Crippen LogP contribution in [0.5, 0.6) is 5.75 Å². The number of para-hydroxylation sites is 1. The average molecular weight is 418 g/mol. The van der Waals surface area contributed by atoms with E-state index in [-0.39, 0.29) is 11.9 Å². The lowest BCUT2D eigenvalue weighted by Crippen LogP contribution is -2.34. The van der Waals surface area contributed by atoms with Crippen molar-refractivity contribution in [3.63, 3.8) is 0 Å². The first kappa shape index (κ1) is 21.3. The summed E-state index contributed by atoms with van der Waals surface area (Å²) in [6.45, 7) is 11.5. The van der Waals surface area contributed by atoms with Crippen molar-refractivity contribution in [2.75, 3.05) is 19.7 Å². The summed E-state index contributed by atoms with van der Waals surface area (Å²) in [5, 5.41) is 4.16. The van der Waals surface area contributed by atoms with Crippen LogP contribution in [-0.2, 0) is 13.0 Å². The number of benzene rings is 2. The molecule has 2 aromatic carbocycles. The Morgan fingerprint density at radius 2 is 2.03 bits per heavy atom. The molecule has 1 aliphatic heterocycles. The number of nitrogens with zero attached hydrogens (tertiary/aromatic N) is 2. The second kappa shape index (κ2) is 9.06. The number of nitrogens with one attached hydrogen (secondary N) is 1. The molecule has 162 valence electrons. The zero-order valence-corrected chi connectivity index (χ0v) is 18.9. The van der Waals surface area contributed by atoms with E-state index in [9.17, 15) is 4.79 Å². The summed E-state index contributed by atoms with van der Waals surface area (Å²) in [4.78, 5) is 20.9. The van der Waals surface area contributed by atoms with Crippen molar-refractivity contribution in [2.45, 2.75) is 46.7 Å². The first-order valence-corrected chi connectivity index (χ1v) is 11.2. The van der Waals surface area contributed by atoms with Crippen LogP contribution in [0.25, 0.3) is 10.9 Å². The van der Waals surface area contributed by atoms with Gasteiger partial charge in [-0.05, 0) is 39.4 Å². The van der Waals surface area contributed by atoms with E-state index in [4.69, 9.17) is 9.72 Å². The normalized spacial score (nSPS) is 14.8. The second-order valence-corrected chi connectivity index (χ2v) is 8.22. The molecule has 0 saturated carbocycles. The van der Waals surface area contributed by atoms with E-state index in [0.717, 1.165) is 70.7 Å². The molecule has 3 aromatic rings. The van der Waals surface area contributed by atoms with Crippen LogP contribution in [0.1, 0.15) is 59.6 Å². The largest absolute Gasteiger partial charge is 0.494 e. The first-order valence-electron chi connectivity index (χ1n) is 11.2. The van der Waals surface area contributed by atoms with Gasteiger partial charge in [-0.2, -0.15) is 0 Å². The summed E-state index contributed by atoms with van der Waals surface area (Å²) in [6.07, 6.45) is 0.871. The van der Waals surface area contributed by atoms with E-state index < -0.39 is 0 Å². The third-order valence-corrected chi connectivity index (χ3v) is 6.08. The SMILES string of the molecule is CCOc1ccc(C)cc1C(C)NC(=O)c1c2c(nc3ccccc13)CCN(CC)C2. The maximum absolute atomic E-state index is 13.7. The van der Waals surface area contributed by atoms with E-state index >= 15 is 0 Å². The van der Waals surface area contributed by atoms with Crippen LogP contribution in [0.4, 0.5) is 0 Å². The number of hydrogen-bond acceptors (Lipinski definition) is 4. The quantitative estimate of drug-likeness (QED) is 0.625. The Balaban J connectivity index is 1.74. The minimum atomic E-state index is -0.178. The summed E-state index contributed by atoms with van der Waals surface area (Å²) in [5.41, 5.74) is 5.89. The molecule has 0 spiro atoms. The van der Waals surface area contributed by atoms with E-state index in [2.05, 4.69) is 30.1 Å². The lowest BCUT2D eigenvalue weighted by Gasteiger charge is -2.29. The fourth-order valence-electron chi connectivity index (χ4n) is 4.42. The summed E-state index contributed by atoms with van der Waals surface area (Å²) in [6, 6.07) is 13.9. The molecule has 1 aromatic heterocycles. The smallest absolute Gasteiger partial charge is 0.252 e. The molecule has 31 heavy (non-hydrogen) atoms. The second-order valence-electron chi connectivity index (χ2n) is 8.22. The minimum Gasteiger partial charge on any atom is -0.494 e. The molecule has 0 aliphatic carbocycles. The molecule has 5 heteroatoms. The monoisotopic (exact) mass is 417 g/mol. The van der Waals surface area contributed by atoms with Crippen LogP contribution in [0.3, 0.4) is 0 Å². The Kier molecular flexibility index (Phi) is 6.23. The molecule has 1 atom stereocenters. The molecular formula is C26H31N3O2. The molecule has 0 saturated heterocycles. The van der Waals surface area contributed by atoms with Crippen LogP contribution >= 0.6 is 0 Å². The average Bonchev–Trinajstić information content (AvgIpc) is 2.78. The van der Waals surface area contributed by atoms with Gasteiger partial charge in [0.2, 0.25) is 0 Å². The number of pyridine rings is 1. The third kappa shape index (κ3) is 4.28. The maximum Gasteiger partial charge on any atom is 0.252 e. The zero-order valence-electron chi connectivity index (χ0n) is 18.9. The van der Waals surface area contributed by atoms with Crippen LogP contribution in [0.15, 0.2) is 42.5 Å². The number of hydrogen-bond donors (Lipinski definition) is 1. The van der Waals surface area contributed by atoms with Gasteiger partial charge in [-0.25, -0.2) is 0 Å². The van der Waals surface area contributed by atoms with E-state index in [1.807, 2.05) is 50.2 Å². The van der Waals surface area contributed by atoms with Gasteiger partial charge in [-0.1, -0.05) is 42.8 Å². The van der Waals surface area contributed by atoms with Crippen molar-refractivity contribution in [1.82, 2.24) is 15.2 Å². The molecule has 1 unspecified atom stereocenters. The van der Waals surface area contributed by atoms with Crippen LogP contribution in [0.2, 0.25) is 0 Å². The van der Waals surface area contributed by atoms with Crippen molar-refractivity contribution in [1.29, 1.82) is 0 Å². The van der Waals surface area contributed by atoms with Gasteiger partial charge >= 0.3 is 0 Å². The Labute approximate surface area is 184 Å². The van der Waals surface area contributed by atoms with Gasteiger partial charge in [-0.15, -0.1) is 0 Å². The zero-order chi connectivity index (χ0) is 22.0. The number of carbonyl (C=O) groups excluding carboxylic acids is 1. The number of fused-ring (bicyclic) bond motifs is 2. The number of aryl methyl sites for hydroxylation is 1. The molecule has 5 nitrogen and oxygen atoms in total. The predicted octanol–water partition coefficient (Wildman–Crippen LogP) is 4.81. The molecule has 0 radical (unpaired) electrons. The van der Waals surface area contributed by atoms with E-state index in [0.29, 0.717) is 6.61 Å². The summed E-state index contributed by atoms with van der Waals surface area (Å²) in [7, 11) is 0.